The van der Waals surface area contributed by atoms with Crippen LogP contribution in [0.15, 0.2) is 18.2 Å². The number of Topliss-reactive ketones (excluding diaryl/α,β-unsaturated/α-hetero) is 1. The predicted molar refractivity (Wildman–Crippen MR) is 56.5 cm³/mol. The molecule has 0 heterocycles. The summed E-state index contributed by atoms with van der Waals surface area (Å²) in [5.74, 6) is -0.445. The number of hydrogen-bond acceptors (Lipinski definition) is 2. The highest BCUT2D eigenvalue weighted by atomic mass is 19.1. The largest absolute Gasteiger partial charge is 0.399 e. The molecule has 1 aromatic rings. The Balaban J connectivity index is 0.000000791. The van der Waals surface area contributed by atoms with E-state index in [1.165, 1.54) is 25.1 Å². The average molecular weight is 197 g/mol. The van der Waals surface area contributed by atoms with Gasteiger partial charge in [-0.15, -0.1) is 0 Å². The quantitative estimate of drug-likeness (QED) is 0.740. The van der Waals surface area contributed by atoms with Gasteiger partial charge < -0.3 is 5.73 Å². The Morgan fingerprint density at radius 2 is 2.00 bits per heavy atom. The molecule has 0 unspecified atom stereocenters. The number of carbonyl (C=O) groups excluding carboxylic acids is 1. The van der Waals surface area contributed by atoms with Gasteiger partial charge in [-0.05, 0) is 30.7 Å². The molecule has 2 nitrogen and oxygen atoms in total. The van der Waals surface area contributed by atoms with Crippen LogP contribution in [0.4, 0.5) is 10.1 Å². The highest BCUT2D eigenvalue weighted by molar-refractivity contribution is 5.78. The molecule has 2 N–H and O–H groups in total. The average Bonchev–Trinajstić information content (AvgIpc) is 2.14. The number of nitrogens with two attached hydrogens (primary N) is 1. The Labute approximate surface area is 83.9 Å². The molecule has 0 saturated carbocycles. The second-order valence-corrected chi connectivity index (χ2v) is 2.73. The molecule has 0 spiro atoms. The number of ketones is 1. The topological polar surface area (TPSA) is 43.1 Å². The Bertz CT molecular complexity index is 310. The Morgan fingerprint density at radius 3 is 2.50 bits per heavy atom. The van der Waals surface area contributed by atoms with Crippen LogP contribution in [0.1, 0.15) is 26.3 Å². The summed E-state index contributed by atoms with van der Waals surface area (Å²) in [5, 5.41) is 0. The summed E-state index contributed by atoms with van der Waals surface area (Å²) in [6.45, 7) is 5.42. The fourth-order valence-corrected chi connectivity index (χ4v) is 0.998. The number of anilines is 1. The van der Waals surface area contributed by atoms with Gasteiger partial charge in [0, 0.05) is 12.1 Å². The summed E-state index contributed by atoms with van der Waals surface area (Å²) in [5.41, 5.74) is 6.27. The summed E-state index contributed by atoms with van der Waals surface area (Å²) in [7, 11) is 0. The van der Waals surface area contributed by atoms with Crippen molar-refractivity contribution in [3.8, 4) is 0 Å². The van der Waals surface area contributed by atoms with Gasteiger partial charge in [0.15, 0.2) is 0 Å². The predicted octanol–water partition coefficient (Wildman–Crippen LogP) is 2.57. The van der Waals surface area contributed by atoms with E-state index in [2.05, 4.69) is 0 Å². The molecule has 0 aliphatic heterocycles. The standard InChI is InChI=1S/C9H10FNO.C2H6/c1-6(12)4-7-5-8(11)2-3-9(7)10;1-2/h2-3,5H,4,11H2,1H3;1-2H3. The van der Waals surface area contributed by atoms with Crippen LogP contribution in [0.2, 0.25) is 0 Å². The Kier molecular flexibility index (Phi) is 5.53. The SMILES string of the molecule is CC.CC(=O)Cc1cc(N)ccc1F. The minimum atomic E-state index is -0.376. The normalized spacial score (nSPS) is 8.86. The molecule has 0 aliphatic rings. The lowest BCUT2D eigenvalue weighted by Gasteiger charge is -2.00. The molecule has 1 rings (SSSR count). The Morgan fingerprint density at radius 1 is 1.43 bits per heavy atom. The van der Waals surface area contributed by atoms with Gasteiger partial charge in [-0.2, -0.15) is 0 Å². The van der Waals surface area contributed by atoms with Gasteiger partial charge in [0.1, 0.15) is 11.6 Å². The molecule has 0 radical (unpaired) electrons. The molecule has 0 fully saturated rings. The molecule has 0 saturated heterocycles. The third-order valence-corrected chi connectivity index (χ3v) is 1.51. The molecule has 0 amide bonds. The van der Waals surface area contributed by atoms with Crippen LogP contribution >= 0.6 is 0 Å². The number of halogens is 1. The van der Waals surface area contributed by atoms with Crippen molar-refractivity contribution in [1.29, 1.82) is 0 Å². The van der Waals surface area contributed by atoms with Crippen LogP contribution in [0.5, 0.6) is 0 Å². The van der Waals surface area contributed by atoms with Crippen LogP contribution in [-0.2, 0) is 11.2 Å². The first-order valence-corrected chi connectivity index (χ1v) is 4.63. The molecule has 3 heteroatoms. The summed E-state index contributed by atoms with van der Waals surface area (Å²) in [6.07, 6.45) is 0.108. The van der Waals surface area contributed by atoms with Crippen LogP contribution in [0, 0.1) is 5.82 Å². The molecule has 78 valence electrons. The van der Waals surface area contributed by atoms with E-state index < -0.39 is 0 Å². The van der Waals surface area contributed by atoms with Gasteiger partial charge in [0.05, 0.1) is 0 Å². The van der Waals surface area contributed by atoms with E-state index in [0.29, 0.717) is 11.3 Å². The molecular weight excluding hydrogens is 181 g/mol. The summed E-state index contributed by atoms with van der Waals surface area (Å²) in [6, 6.07) is 4.23. The van der Waals surface area contributed by atoms with Gasteiger partial charge in [-0.3, -0.25) is 4.79 Å². The zero-order valence-electron chi connectivity index (χ0n) is 8.80. The van der Waals surface area contributed by atoms with Gasteiger partial charge in [-0.25, -0.2) is 4.39 Å². The van der Waals surface area contributed by atoms with Gasteiger partial charge in [-0.1, -0.05) is 13.8 Å². The fourth-order valence-electron chi connectivity index (χ4n) is 0.998. The monoisotopic (exact) mass is 197 g/mol. The number of benzene rings is 1. The van der Waals surface area contributed by atoms with E-state index in [1.54, 1.807) is 0 Å². The van der Waals surface area contributed by atoms with Gasteiger partial charge in [0.2, 0.25) is 0 Å². The maximum Gasteiger partial charge on any atom is 0.134 e. The number of nitrogen functional groups attached to an aromatic ring is 1. The van der Waals surface area contributed by atoms with Crippen LogP contribution in [0.3, 0.4) is 0 Å². The van der Waals surface area contributed by atoms with Crippen molar-refractivity contribution in [3.05, 3.63) is 29.6 Å². The van der Waals surface area contributed by atoms with Crippen LogP contribution < -0.4 is 5.73 Å². The van der Waals surface area contributed by atoms with Crippen molar-refractivity contribution < 1.29 is 9.18 Å². The molecule has 0 bridgehead atoms. The first kappa shape index (κ1) is 12.6. The van der Waals surface area contributed by atoms with Crippen molar-refractivity contribution >= 4 is 11.5 Å². The fraction of sp³-hybridized carbons (Fsp3) is 0.364. The van der Waals surface area contributed by atoms with Gasteiger partial charge in [0.25, 0.3) is 0 Å². The molecule has 0 aromatic heterocycles. The van der Waals surface area contributed by atoms with Crippen LogP contribution in [0.25, 0.3) is 0 Å². The number of rotatable bonds is 2. The minimum Gasteiger partial charge on any atom is -0.399 e. The zero-order chi connectivity index (χ0) is 11.1. The zero-order valence-corrected chi connectivity index (χ0v) is 8.80. The smallest absolute Gasteiger partial charge is 0.134 e. The van der Waals surface area contributed by atoms with E-state index >= 15 is 0 Å². The summed E-state index contributed by atoms with van der Waals surface area (Å²) < 4.78 is 12.9. The second kappa shape index (κ2) is 6.13. The molecule has 1 aromatic carbocycles. The molecule has 0 atom stereocenters. The minimum absolute atomic E-state index is 0.0699. The van der Waals surface area contributed by atoms with E-state index in [1.807, 2.05) is 13.8 Å². The summed E-state index contributed by atoms with van der Waals surface area (Å²) >= 11 is 0. The summed E-state index contributed by atoms with van der Waals surface area (Å²) in [4.78, 5) is 10.7. The van der Waals surface area contributed by atoms with Crippen LogP contribution in [-0.4, -0.2) is 5.78 Å². The maximum atomic E-state index is 12.9. The van der Waals surface area contributed by atoms with E-state index in [4.69, 9.17) is 5.73 Å². The molecular formula is C11H16FNO. The van der Waals surface area contributed by atoms with E-state index in [0.717, 1.165) is 0 Å². The Hall–Kier alpha value is -1.38. The highest BCUT2D eigenvalue weighted by Gasteiger charge is 2.04. The lowest BCUT2D eigenvalue weighted by Crippen LogP contribution is -2.00. The lowest BCUT2D eigenvalue weighted by molar-refractivity contribution is -0.116. The first-order valence-electron chi connectivity index (χ1n) is 4.63. The van der Waals surface area contributed by atoms with Gasteiger partial charge >= 0.3 is 0 Å². The van der Waals surface area contributed by atoms with Crippen molar-refractivity contribution in [2.45, 2.75) is 27.2 Å². The van der Waals surface area contributed by atoms with Crippen molar-refractivity contribution in [2.75, 3.05) is 5.73 Å². The molecule has 0 aliphatic carbocycles. The molecule has 14 heavy (non-hydrogen) atoms. The third-order valence-electron chi connectivity index (χ3n) is 1.51. The highest BCUT2D eigenvalue weighted by Crippen LogP contribution is 2.12. The van der Waals surface area contributed by atoms with Crippen molar-refractivity contribution in [1.82, 2.24) is 0 Å². The number of carbonyl (C=O) groups is 1. The van der Waals surface area contributed by atoms with E-state index in [-0.39, 0.29) is 18.0 Å². The van der Waals surface area contributed by atoms with Crippen molar-refractivity contribution in [2.24, 2.45) is 0 Å². The third kappa shape index (κ3) is 4.03. The second-order valence-electron chi connectivity index (χ2n) is 2.73. The lowest BCUT2D eigenvalue weighted by atomic mass is 10.1. The number of hydrogen-bond donors (Lipinski definition) is 1. The first-order chi connectivity index (χ1) is 6.59. The van der Waals surface area contributed by atoms with E-state index in [9.17, 15) is 9.18 Å². The maximum absolute atomic E-state index is 12.9. The van der Waals surface area contributed by atoms with Crippen molar-refractivity contribution in [3.63, 3.8) is 0 Å².